The highest BCUT2D eigenvalue weighted by Crippen LogP contribution is 2.29. The molecule has 0 saturated heterocycles. The van der Waals surface area contributed by atoms with Crippen molar-refractivity contribution in [1.82, 2.24) is 9.47 Å². The van der Waals surface area contributed by atoms with Crippen molar-refractivity contribution in [3.63, 3.8) is 0 Å². The third-order valence-corrected chi connectivity index (χ3v) is 3.74. The number of para-hydroxylation sites is 1. The van der Waals surface area contributed by atoms with Crippen molar-refractivity contribution < 1.29 is 9.53 Å². The van der Waals surface area contributed by atoms with Gasteiger partial charge >= 0.3 is 6.09 Å². The molecule has 1 aliphatic rings. The van der Waals surface area contributed by atoms with E-state index >= 15 is 0 Å². The third-order valence-electron chi connectivity index (χ3n) is 3.74. The number of rotatable bonds is 0. The normalized spacial score (nSPS) is 14.7. The van der Waals surface area contributed by atoms with Crippen molar-refractivity contribution in [3.05, 3.63) is 35.5 Å². The van der Waals surface area contributed by atoms with Crippen LogP contribution >= 0.6 is 0 Å². The van der Waals surface area contributed by atoms with Gasteiger partial charge in [0.2, 0.25) is 0 Å². The summed E-state index contributed by atoms with van der Waals surface area (Å²) in [5.74, 6) is 0. The molecule has 0 aliphatic carbocycles. The summed E-state index contributed by atoms with van der Waals surface area (Å²) in [5.41, 5.74) is 3.82. The fourth-order valence-corrected chi connectivity index (χ4v) is 2.82. The van der Waals surface area contributed by atoms with Gasteiger partial charge in [0.1, 0.15) is 0 Å². The van der Waals surface area contributed by atoms with Gasteiger partial charge in [-0.05, 0) is 6.07 Å². The van der Waals surface area contributed by atoms with E-state index in [1.54, 1.807) is 4.90 Å². The van der Waals surface area contributed by atoms with Crippen molar-refractivity contribution >= 4 is 17.0 Å². The third kappa shape index (κ3) is 1.49. The molecule has 4 heteroatoms. The van der Waals surface area contributed by atoms with Crippen LogP contribution in [0.3, 0.4) is 0 Å². The zero-order valence-corrected chi connectivity index (χ0v) is 10.6. The molecule has 0 N–H and O–H groups in total. The van der Waals surface area contributed by atoms with E-state index < -0.39 is 0 Å². The number of carbonyl (C=O) groups excluding carboxylic acids is 1. The molecular formula is C14H16N2O2. The largest absolute Gasteiger partial charge is 0.453 e. The Labute approximate surface area is 106 Å². The SMILES string of the molecule is COC(=O)N1CCc2c(c3ccccc3n2C)C1. The van der Waals surface area contributed by atoms with E-state index in [0.717, 1.165) is 13.0 Å². The van der Waals surface area contributed by atoms with Crippen molar-refractivity contribution in [2.24, 2.45) is 7.05 Å². The molecular weight excluding hydrogens is 228 g/mol. The number of fused-ring (bicyclic) bond motifs is 3. The van der Waals surface area contributed by atoms with Gasteiger partial charge in [-0.25, -0.2) is 4.79 Å². The quantitative estimate of drug-likeness (QED) is 0.712. The summed E-state index contributed by atoms with van der Waals surface area (Å²) in [6.45, 7) is 1.37. The second-order valence-corrected chi connectivity index (χ2v) is 4.64. The molecule has 0 spiro atoms. The summed E-state index contributed by atoms with van der Waals surface area (Å²) in [6.07, 6.45) is 0.642. The second kappa shape index (κ2) is 4.05. The van der Waals surface area contributed by atoms with Gasteiger partial charge in [-0.3, -0.25) is 0 Å². The second-order valence-electron chi connectivity index (χ2n) is 4.64. The van der Waals surface area contributed by atoms with Crippen molar-refractivity contribution in [2.45, 2.75) is 13.0 Å². The van der Waals surface area contributed by atoms with Crippen LogP contribution in [0.2, 0.25) is 0 Å². The number of aryl methyl sites for hydroxylation is 1. The number of benzene rings is 1. The Kier molecular flexibility index (Phi) is 2.51. The maximum Gasteiger partial charge on any atom is 0.409 e. The first-order valence-electron chi connectivity index (χ1n) is 6.10. The summed E-state index contributed by atoms with van der Waals surface area (Å²) in [5, 5.41) is 1.24. The van der Waals surface area contributed by atoms with Gasteiger partial charge in [-0.15, -0.1) is 0 Å². The summed E-state index contributed by atoms with van der Waals surface area (Å²) < 4.78 is 7.04. The number of carbonyl (C=O) groups is 1. The molecule has 0 saturated carbocycles. The van der Waals surface area contributed by atoms with Crippen LogP contribution in [-0.2, 0) is 24.8 Å². The molecule has 2 aromatic rings. The first-order chi connectivity index (χ1) is 8.72. The van der Waals surface area contributed by atoms with E-state index in [-0.39, 0.29) is 6.09 Å². The van der Waals surface area contributed by atoms with Gasteiger partial charge in [0.05, 0.1) is 13.7 Å². The van der Waals surface area contributed by atoms with Gasteiger partial charge in [0, 0.05) is 42.2 Å². The first kappa shape index (κ1) is 11.1. The molecule has 1 aromatic carbocycles. The number of nitrogens with zero attached hydrogens (tertiary/aromatic N) is 2. The zero-order valence-electron chi connectivity index (χ0n) is 10.6. The van der Waals surface area contributed by atoms with E-state index in [0.29, 0.717) is 6.54 Å². The number of methoxy groups -OCH3 is 1. The molecule has 0 fully saturated rings. The minimum absolute atomic E-state index is 0.242. The lowest BCUT2D eigenvalue weighted by molar-refractivity contribution is 0.118. The van der Waals surface area contributed by atoms with Crippen LogP contribution in [-0.4, -0.2) is 29.2 Å². The average Bonchev–Trinajstić information content (AvgIpc) is 2.72. The molecule has 2 heterocycles. The van der Waals surface area contributed by atoms with Crippen LogP contribution in [0.25, 0.3) is 10.9 Å². The van der Waals surface area contributed by atoms with Crippen LogP contribution in [0.5, 0.6) is 0 Å². The number of aromatic nitrogens is 1. The van der Waals surface area contributed by atoms with Crippen LogP contribution in [0.1, 0.15) is 11.3 Å². The lowest BCUT2D eigenvalue weighted by atomic mass is 10.1. The average molecular weight is 244 g/mol. The van der Waals surface area contributed by atoms with E-state index in [1.807, 2.05) is 12.1 Å². The van der Waals surface area contributed by atoms with Gasteiger partial charge in [0.15, 0.2) is 0 Å². The summed E-state index contributed by atoms with van der Waals surface area (Å²) in [4.78, 5) is 13.4. The summed E-state index contributed by atoms with van der Waals surface area (Å²) in [7, 11) is 3.52. The topological polar surface area (TPSA) is 34.5 Å². The van der Waals surface area contributed by atoms with Crippen LogP contribution in [0, 0.1) is 0 Å². The Morgan fingerprint density at radius 1 is 1.33 bits per heavy atom. The molecule has 3 rings (SSSR count). The van der Waals surface area contributed by atoms with Gasteiger partial charge < -0.3 is 14.2 Å². The predicted octanol–water partition coefficient (Wildman–Crippen LogP) is 2.30. The smallest absolute Gasteiger partial charge is 0.409 e. The molecule has 1 aromatic heterocycles. The highest BCUT2D eigenvalue weighted by Gasteiger charge is 2.25. The minimum Gasteiger partial charge on any atom is -0.453 e. The first-order valence-corrected chi connectivity index (χ1v) is 6.10. The van der Waals surface area contributed by atoms with Gasteiger partial charge in [-0.2, -0.15) is 0 Å². The van der Waals surface area contributed by atoms with Crippen LogP contribution in [0.15, 0.2) is 24.3 Å². The monoisotopic (exact) mass is 244 g/mol. The van der Waals surface area contributed by atoms with Crippen molar-refractivity contribution in [1.29, 1.82) is 0 Å². The molecule has 0 radical (unpaired) electrons. The molecule has 0 atom stereocenters. The molecule has 94 valence electrons. The standard InChI is InChI=1S/C14H16N2O2/c1-15-12-6-4-3-5-10(12)11-9-16(14(17)18-2)8-7-13(11)15/h3-6H,7-9H2,1-2H3. The summed E-state index contributed by atoms with van der Waals surface area (Å²) >= 11 is 0. The minimum atomic E-state index is -0.242. The molecule has 18 heavy (non-hydrogen) atoms. The lowest BCUT2D eigenvalue weighted by Gasteiger charge is -2.26. The predicted molar refractivity (Wildman–Crippen MR) is 69.4 cm³/mol. The number of hydrogen-bond donors (Lipinski definition) is 0. The Morgan fingerprint density at radius 2 is 2.11 bits per heavy atom. The number of amides is 1. The zero-order chi connectivity index (χ0) is 12.7. The van der Waals surface area contributed by atoms with E-state index in [9.17, 15) is 4.79 Å². The maximum atomic E-state index is 11.6. The van der Waals surface area contributed by atoms with Crippen LogP contribution in [0.4, 0.5) is 4.79 Å². The Balaban J connectivity index is 2.10. The highest BCUT2D eigenvalue weighted by molar-refractivity contribution is 5.86. The van der Waals surface area contributed by atoms with E-state index in [2.05, 4.69) is 23.7 Å². The lowest BCUT2D eigenvalue weighted by Crippen LogP contribution is -2.36. The van der Waals surface area contributed by atoms with Crippen molar-refractivity contribution in [2.75, 3.05) is 13.7 Å². The highest BCUT2D eigenvalue weighted by atomic mass is 16.5. The van der Waals surface area contributed by atoms with Gasteiger partial charge in [-0.1, -0.05) is 18.2 Å². The fourth-order valence-electron chi connectivity index (χ4n) is 2.82. The van der Waals surface area contributed by atoms with Gasteiger partial charge in [0.25, 0.3) is 0 Å². The number of ether oxygens (including phenoxy) is 1. The Morgan fingerprint density at radius 3 is 2.89 bits per heavy atom. The molecule has 0 unspecified atom stereocenters. The Bertz CT molecular complexity index is 616. The molecule has 1 aliphatic heterocycles. The van der Waals surface area contributed by atoms with Crippen molar-refractivity contribution in [3.8, 4) is 0 Å². The maximum absolute atomic E-state index is 11.6. The summed E-state index contributed by atoms with van der Waals surface area (Å²) in [6, 6.07) is 8.33. The molecule has 1 amide bonds. The fraction of sp³-hybridized carbons (Fsp3) is 0.357. The number of hydrogen-bond acceptors (Lipinski definition) is 2. The molecule has 4 nitrogen and oxygen atoms in total. The Hall–Kier alpha value is -1.97. The van der Waals surface area contributed by atoms with E-state index in [4.69, 9.17) is 4.74 Å². The van der Waals surface area contributed by atoms with Crippen LogP contribution < -0.4 is 0 Å². The molecule has 0 bridgehead atoms. The van der Waals surface area contributed by atoms with E-state index in [1.165, 1.54) is 29.3 Å².